The molecule has 1 heterocycles. The zero-order valence-corrected chi connectivity index (χ0v) is 16.6. The van der Waals surface area contributed by atoms with E-state index in [2.05, 4.69) is 17.4 Å². The van der Waals surface area contributed by atoms with Crippen LogP contribution in [0.5, 0.6) is 0 Å². The Kier molecular flexibility index (Phi) is 7.20. The van der Waals surface area contributed by atoms with Crippen molar-refractivity contribution in [1.82, 2.24) is 15.1 Å². The van der Waals surface area contributed by atoms with Crippen molar-refractivity contribution in [1.29, 1.82) is 0 Å². The van der Waals surface area contributed by atoms with Gasteiger partial charge in [-0.2, -0.15) is 0 Å². The number of carbonyl (C=O) groups is 2. The normalized spacial score (nSPS) is 14.0. The van der Waals surface area contributed by atoms with E-state index in [0.717, 1.165) is 38.2 Å². The number of aryl methyl sites for hydroxylation is 1. The highest BCUT2D eigenvalue weighted by Crippen LogP contribution is 2.11. The van der Waals surface area contributed by atoms with E-state index in [0.29, 0.717) is 25.1 Å². The molecule has 0 bridgehead atoms. The molecule has 2 amide bonds. The van der Waals surface area contributed by atoms with E-state index in [9.17, 15) is 9.59 Å². The molecule has 0 aliphatic carbocycles. The lowest BCUT2D eigenvalue weighted by Gasteiger charge is -2.29. The first-order valence-electron chi connectivity index (χ1n) is 10.0. The minimum absolute atomic E-state index is 0.0101. The van der Waals surface area contributed by atoms with Gasteiger partial charge in [0.1, 0.15) is 0 Å². The van der Waals surface area contributed by atoms with Gasteiger partial charge in [0.2, 0.25) is 5.91 Å². The van der Waals surface area contributed by atoms with Crippen molar-refractivity contribution in [2.24, 2.45) is 0 Å². The van der Waals surface area contributed by atoms with Crippen LogP contribution in [-0.2, 0) is 11.2 Å². The van der Waals surface area contributed by atoms with Gasteiger partial charge in [-0.25, -0.2) is 0 Å². The number of nitrogens with one attached hydrogen (secondary N) is 1. The van der Waals surface area contributed by atoms with E-state index in [1.54, 1.807) is 0 Å². The average Bonchev–Trinajstić information content (AvgIpc) is 2.75. The molecule has 1 aliphatic heterocycles. The highest BCUT2D eigenvalue weighted by Gasteiger charge is 2.20. The second-order valence-electron chi connectivity index (χ2n) is 7.27. The number of hydrogen-bond acceptors (Lipinski definition) is 3. The third-order valence-electron chi connectivity index (χ3n) is 5.16. The van der Waals surface area contributed by atoms with Gasteiger partial charge >= 0.3 is 0 Å². The summed E-state index contributed by atoms with van der Waals surface area (Å²) < 4.78 is 0. The zero-order valence-electron chi connectivity index (χ0n) is 16.6. The maximum Gasteiger partial charge on any atom is 0.253 e. The summed E-state index contributed by atoms with van der Waals surface area (Å²) in [7, 11) is 0. The van der Waals surface area contributed by atoms with Crippen LogP contribution in [0.1, 0.15) is 27.9 Å². The Hall–Kier alpha value is -2.66. The second kappa shape index (κ2) is 10.0. The Bertz CT molecular complexity index is 768. The molecular weight excluding hydrogens is 350 g/mol. The maximum atomic E-state index is 13.1. The van der Waals surface area contributed by atoms with Gasteiger partial charge < -0.3 is 15.1 Å². The van der Waals surface area contributed by atoms with E-state index in [4.69, 9.17) is 0 Å². The number of benzene rings is 2. The molecule has 1 aliphatic rings. The number of rotatable bonds is 7. The molecule has 0 spiro atoms. The van der Waals surface area contributed by atoms with Crippen LogP contribution in [-0.4, -0.2) is 60.9 Å². The third kappa shape index (κ3) is 5.67. The smallest absolute Gasteiger partial charge is 0.253 e. The van der Waals surface area contributed by atoms with Crippen LogP contribution in [0.3, 0.4) is 0 Å². The average molecular weight is 380 g/mol. The van der Waals surface area contributed by atoms with Gasteiger partial charge in [0.05, 0.1) is 0 Å². The fourth-order valence-corrected chi connectivity index (χ4v) is 3.41. The van der Waals surface area contributed by atoms with Crippen molar-refractivity contribution in [3.63, 3.8) is 0 Å². The van der Waals surface area contributed by atoms with Crippen molar-refractivity contribution >= 4 is 11.8 Å². The van der Waals surface area contributed by atoms with Crippen molar-refractivity contribution in [2.45, 2.75) is 19.8 Å². The number of carbonyl (C=O) groups excluding carboxylic acids is 2. The Morgan fingerprint density at radius 3 is 2.32 bits per heavy atom. The Balaban J connectivity index is 1.65. The van der Waals surface area contributed by atoms with Crippen molar-refractivity contribution in [3.05, 3.63) is 71.3 Å². The molecule has 148 valence electrons. The number of amides is 2. The third-order valence-corrected chi connectivity index (χ3v) is 5.16. The van der Waals surface area contributed by atoms with E-state index in [-0.39, 0.29) is 11.8 Å². The van der Waals surface area contributed by atoms with Gasteiger partial charge in [-0.3, -0.25) is 9.59 Å². The van der Waals surface area contributed by atoms with Gasteiger partial charge in [0.25, 0.3) is 5.91 Å². The molecular formula is C23H29N3O2. The molecule has 28 heavy (non-hydrogen) atoms. The van der Waals surface area contributed by atoms with Crippen LogP contribution < -0.4 is 5.32 Å². The molecule has 0 unspecified atom stereocenters. The predicted octanol–water partition coefficient (Wildman–Crippen LogP) is 2.50. The highest BCUT2D eigenvalue weighted by molar-refractivity contribution is 5.94. The summed E-state index contributed by atoms with van der Waals surface area (Å²) >= 11 is 0. The number of nitrogens with zero attached hydrogens (tertiary/aromatic N) is 2. The predicted molar refractivity (Wildman–Crippen MR) is 111 cm³/mol. The van der Waals surface area contributed by atoms with Gasteiger partial charge in [-0.15, -0.1) is 0 Å². The molecule has 5 nitrogen and oxygen atoms in total. The standard InChI is InChI=1S/C23H29N3O2/c1-19-7-9-21(10-8-19)23(28)26(15-11-20-5-3-2-4-6-20)16-12-22(27)25-17-13-24-14-18-25/h2-10,24H,11-18H2,1H3. The van der Waals surface area contributed by atoms with Gasteiger partial charge in [-0.05, 0) is 31.0 Å². The second-order valence-corrected chi connectivity index (χ2v) is 7.27. The SMILES string of the molecule is Cc1ccc(C(=O)N(CCC(=O)N2CCNCC2)CCc2ccccc2)cc1. The lowest BCUT2D eigenvalue weighted by Crippen LogP contribution is -2.47. The van der Waals surface area contributed by atoms with E-state index in [1.165, 1.54) is 5.56 Å². The first-order valence-corrected chi connectivity index (χ1v) is 10.0. The number of hydrogen-bond donors (Lipinski definition) is 1. The van der Waals surface area contributed by atoms with Gasteiger partial charge in [0.15, 0.2) is 0 Å². The lowest BCUT2D eigenvalue weighted by molar-refractivity contribution is -0.131. The Labute approximate surface area is 167 Å². The molecule has 1 saturated heterocycles. The molecule has 0 aromatic heterocycles. The molecule has 5 heteroatoms. The minimum atomic E-state index is -0.0101. The maximum absolute atomic E-state index is 13.1. The highest BCUT2D eigenvalue weighted by atomic mass is 16.2. The van der Waals surface area contributed by atoms with Crippen molar-refractivity contribution < 1.29 is 9.59 Å². The van der Waals surface area contributed by atoms with Crippen LogP contribution in [0.15, 0.2) is 54.6 Å². The summed E-state index contributed by atoms with van der Waals surface area (Å²) in [5.41, 5.74) is 2.99. The number of piperazine rings is 1. The zero-order chi connectivity index (χ0) is 19.8. The summed E-state index contributed by atoms with van der Waals surface area (Å²) in [4.78, 5) is 29.3. The van der Waals surface area contributed by atoms with Gasteiger partial charge in [0, 0.05) is 51.3 Å². The quantitative estimate of drug-likeness (QED) is 0.804. The van der Waals surface area contributed by atoms with Crippen LogP contribution >= 0.6 is 0 Å². The molecule has 2 aromatic carbocycles. The minimum Gasteiger partial charge on any atom is -0.340 e. The Morgan fingerprint density at radius 1 is 0.964 bits per heavy atom. The molecule has 1 fully saturated rings. The largest absolute Gasteiger partial charge is 0.340 e. The fraction of sp³-hybridized carbons (Fsp3) is 0.391. The van der Waals surface area contributed by atoms with Crippen molar-refractivity contribution in [2.75, 3.05) is 39.3 Å². The summed E-state index contributed by atoms with van der Waals surface area (Å²) in [5, 5.41) is 3.26. The topological polar surface area (TPSA) is 52.7 Å². The molecule has 0 saturated carbocycles. The van der Waals surface area contributed by atoms with E-state index < -0.39 is 0 Å². The molecule has 1 N–H and O–H groups in total. The summed E-state index contributed by atoms with van der Waals surface area (Å²) in [6.07, 6.45) is 1.15. The van der Waals surface area contributed by atoms with Crippen LogP contribution in [0.4, 0.5) is 0 Å². The van der Waals surface area contributed by atoms with Gasteiger partial charge in [-0.1, -0.05) is 48.0 Å². The molecule has 0 atom stereocenters. The summed E-state index contributed by atoms with van der Waals surface area (Å²) in [5.74, 6) is 0.118. The molecule has 0 radical (unpaired) electrons. The lowest BCUT2D eigenvalue weighted by atomic mass is 10.1. The summed E-state index contributed by atoms with van der Waals surface area (Å²) in [6.45, 7) is 6.22. The van der Waals surface area contributed by atoms with E-state index >= 15 is 0 Å². The monoisotopic (exact) mass is 379 g/mol. The molecule has 3 rings (SSSR count). The fourth-order valence-electron chi connectivity index (χ4n) is 3.41. The van der Waals surface area contributed by atoms with Crippen LogP contribution in [0.25, 0.3) is 0 Å². The first-order chi connectivity index (χ1) is 13.6. The van der Waals surface area contributed by atoms with Crippen molar-refractivity contribution in [3.8, 4) is 0 Å². The van der Waals surface area contributed by atoms with Crippen LogP contribution in [0, 0.1) is 6.92 Å². The first kappa shape index (κ1) is 20.1. The van der Waals surface area contributed by atoms with E-state index in [1.807, 2.05) is 59.2 Å². The molecule has 2 aromatic rings. The Morgan fingerprint density at radius 2 is 1.64 bits per heavy atom. The summed E-state index contributed by atoms with van der Waals surface area (Å²) in [6, 6.07) is 17.8. The van der Waals surface area contributed by atoms with Crippen LogP contribution in [0.2, 0.25) is 0 Å².